The van der Waals surface area contributed by atoms with Gasteiger partial charge < -0.3 is 31.6 Å². The molecular formula is C39H35F10N7O5. The largest absolute Gasteiger partial charge is 0.490 e. The maximum Gasteiger partial charge on any atom is 0.490 e. The Morgan fingerprint density at radius 2 is 1.43 bits per heavy atom. The van der Waals surface area contributed by atoms with Crippen LogP contribution in [0.25, 0.3) is 11.4 Å². The molecule has 7 N–H and O–H groups in total. The van der Waals surface area contributed by atoms with Crippen LogP contribution in [0.1, 0.15) is 54.8 Å². The van der Waals surface area contributed by atoms with Crippen LogP contribution in [0, 0.1) is 52.1 Å². The number of alkyl halides is 3. The van der Waals surface area contributed by atoms with Crippen LogP contribution in [0.15, 0.2) is 88.5 Å². The van der Waals surface area contributed by atoms with E-state index in [2.05, 4.69) is 20.6 Å². The van der Waals surface area contributed by atoms with Gasteiger partial charge in [-0.05, 0) is 80.8 Å². The number of rotatable bonds is 7. The van der Waals surface area contributed by atoms with E-state index >= 15 is 0 Å². The van der Waals surface area contributed by atoms with Crippen LogP contribution in [0.5, 0.6) is 0 Å². The van der Waals surface area contributed by atoms with E-state index in [9.17, 15) is 48.7 Å². The van der Waals surface area contributed by atoms with Gasteiger partial charge in [0.15, 0.2) is 5.84 Å². The Morgan fingerprint density at radius 3 is 1.87 bits per heavy atom. The molecule has 2 heterocycles. The number of benzene rings is 4. The van der Waals surface area contributed by atoms with E-state index in [1.54, 1.807) is 24.3 Å². The van der Waals surface area contributed by atoms with Gasteiger partial charge in [-0.1, -0.05) is 28.5 Å². The van der Waals surface area contributed by atoms with Crippen molar-refractivity contribution in [1.82, 2.24) is 15.5 Å². The molecule has 5 aromatic rings. The van der Waals surface area contributed by atoms with Crippen molar-refractivity contribution in [3.63, 3.8) is 0 Å². The first-order valence-corrected chi connectivity index (χ1v) is 17.2. The number of aromatic nitrogens is 2. The summed E-state index contributed by atoms with van der Waals surface area (Å²) in [4.78, 5) is 23.8. The second-order valence-corrected chi connectivity index (χ2v) is 12.4. The SMILES string of the molecule is CC(=O)C[C@H](N)Cc1ccccc1F.Fc1cc(F)cc(-c2noc([C@@H]3CCCN3)n2)c1.N#Cc1cc(F)cc(F)c1.N/C(=N\O)c1cc(F)cc(F)c1.O=C(O)C(F)(F)F. The molecule has 1 saturated heterocycles. The summed E-state index contributed by atoms with van der Waals surface area (Å²) >= 11 is 0. The Morgan fingerprint density at radius 1 is 0.918 bits per heavy atom. The van der Waals surface area contributed by atoms with Crippen molar-refractivity contribution in [2.75, 3.05) is 6.54 Å². The monoisotopic (exact) mass is 871 g/mol. The number of nitriles is 1. The number of nitrogens with one attached hydrogen (secondary N) is 1. The predicted molar refractivity (Wildman–Crippen MR) is 197 cm³/mol. The van der Waals surface area contributed by atoms with Crippen LogP contribution in [-0.2, 0) is 16.0 Å². The quantitative estimate of drug-likeness (QED) is 0.0352. The van der Waals surface area contributed by atoms with E-state index in [1.165, 1.54) is 25.1 Å². The topological polar surface area (TPSA) is 214 Å². The molecule has 0 aliphatic carbocycles. The number of oxime groups is 1. The van der Waals surface area contributed by atoms with E-state index in [0.29, 0.717) is 30.4 Å². The van der Waals surface area contributed by atoms with E-state index in [4.69, 9.17) is 36.4 Å². The number of amidine groups is 1. The number of ketones is 1. The van der Waals surface area contributed by atoms with Crippen LogP contribution in [0.4, 0.5) is 43.9 Å². The summed E-state index contributed by atoms with van der Waals surface area (Å²) in [5, 5.41) is 33.1. The van der Waals surface area contributed by atoms with Crippen LogP contribution in [-0.4, -0.2) is 56.8 Å². The minimum absolute atomic E-state index is 0.00231. The standard InChI is InChI=1S/C12H11F2N3O.C11H14FNO.C7H6F2N2O.C7H3F2N.C2HF3O2/c13-8-4-7(5-9(14)6-8)11-16-12(18-17-11)10-2-1-3-15-10;1-8(14)6-10(13)7-9-4-2-3-5-11(9)12;8-5-1-4(7(10)11-12)2-6(9)3-5;8-6-1-5(4-10)2-7(9)3-6;3-2(4,5)1(6)7/h4-6,10,15H,1-3H2;2-5,10H,6-7,13H2,1H3;1-3,12H,(H2,10,11);1-3H;(H,6,7)/t2*10-;;;/m00.../s1. The summed E-state index contributed by atoms with van der Waals surface area (Å²) in [5.41, 5.74) is 11.6. The maximum atomic E-state index is 13.1. The second kappa shape index (κ2) is 24.3. The van der Waals surface area contributed by atoms with Crippen LogP contribution < -0.4 is 16.8 Å². The van der Waals surface area contributed by atoms with Crippen molar-refractivity contribution in [1.29, 1.82) is 5.26 Å². The molecule has 0 amide bonds. The molecule has 1 aliphatic heterocycles. The summed E-state index contributed by atoms with van der Waals surface area (Å²) in [6.45, 7) is 2.40. The van der Waals surface area contributed by atoms with Crippen LogP contribution in [0.2, 0.25) is 0 Å². The molecule has 1 aromatic heterocycles. The molecule has 4 aromatic carbocycles. The van der Waals surface area contributed by atoms with E-state index in [0.717, 1.165) is 55.8 Å². The molecule has 22 heteroatoms. The Bertz CT molecular complexity index is 2240. The molecule has 0 unspecified atom stereocenters. The lowest BCUT2D eigenvalue weighted by atomic mass is 10.0. The first-order chi connectivity index (χ1) is 28.6. The van der Waals surface area contributed by atoms with Gasteiger partial charge in [0.05, 0.1) is 17.7 Å². The number of aliphatic carboxylic acids is 1. The molecular weight excluding hydrogens is 836 g/mol. The zero-order valence-corrected chi connectivity index (χ0v) is 31.5. The van der Waals surface area contributed by atoms with Gasteiger partial charge in [0.2, 0.25) is 11.7 Å². The van der Waals surface area contributed by atoms with Crippen LogP contribution >= 0.6 is 0 Å². The zero-order valence-electron chi connectivity index (χ0n) is 31.5. The van der Waals surface area contributed by atoms with Gasteiger partial charge in [0, 0.05) is 41.8 Å². The predicted octanol–water partition coefficient (Wildman–Crippen LogP) is 7.64. The fourth-order valence-electron chi connectivity index (χ4n) is 4.84. The fraction of sp³-hybridized carbons (Fsp3) is 0.231. The number of halogens is 10. The minimum Gasteiger partial charge on any atom is -0.475 e. The first-order valence-electron chi connectivity index (χ1n) is 17.2. The number of carbonyl (C=O) groups excluding carboxylic acids is 1. The lowest BCUT2D eigenvalue weighted by Crippen LogP contribution is -2.25. The molecule has 326 valence electrons. The summed E-state index contributed by atoms with van der Waals surface area (Å²) < 4.78 is 126. The van der Waals surface area contributed by atoms with Crippen molar-refractivity contribution in [2.24, 2.45) is 16.6 Å². The molecule has 0 bridgehead atoms. The Labute approximate surface area is 340 Å². The highest BCUT2D eigenvalue weighted by Gasteiger charge is 2.38. The van der Waals surface area contributed by atoms with Crippen molar-refractivity contribution in [3.05, 3.63) is 142 Å². The third-order valence-electron chi connectivity index (χ3n) is 7.41. The van der Waals surface area contributed by atoms with Crippen molar-refractivity contribution in [2.45, 2.75) is 50.9 Å². The molecule has 1 aliphatic rings. The molecule has 1 fully saturated rings. The summed E-state index contributed by atoms with van der Waals surface area (Å²) in [6, 6.07) is 16.4. The van der Waals surface area contributed by atoms with Gasteiger partial charge in [-0.3, -0.25) is 4.79 Å². The number of nitrogens with two attached hydrogens (primary N) is 2. The lowest BCUT2D eigenvalue weighted by Gasteiger charge is -2.09. The van der Waals surface area contributed by atoms with Gasteiger partial charge in [-0.15, -0.1) is 0 Å². The smallest absolute Gasteiger partial charge is 0.475 e. The number of Topliss-reactive ketones (excluding diaryl/α,β-unsaturated/α-hetero) is 1. The Hall–Kier alpha value is -6.86. The summed E-state index contributed by atoms with van der Waals surface area (Å²) in [7, 11) is 0. The van der Waals surface area contributed by atoms with E-state index < -0.39 is 47.0 Å². The van der Waals surface area contributed by atoms with E-state index in [1.807, 2.05) is 0 Å². The average molecular weight is 872 g/mol. The van der Waals surface area contributed by atoms with Crippen LogP contribution in [0.3, 0.4) is 0 Å². The lowest BCUT2D eigenvalue weighted by molar-refractivity contribution is -0.192. The summed E-state index contributed by atoms with van der Waals surface area (Å²) in [6.07, 6.45) is -2.39. The maximum absolute atomic E-state index is 13.1. The normalized spacial score (nSPS) is 13.6. The molecule has 0 saturated carbocycles. The highest BCUT2D eigenvalue weighted by molar-refractivity contribution is 5.96. The fourth-order valence-corrected chi connectivity index (χ4v) is 4.84. The number of hydrogen-bond acceptors (Lipinski definition) is 10. The highest BCUT2D eigenvalue weighted by Crippen LogP contribution is 2.25. The Kier molecular flexibility index (Phi) is 20.0. The van der Waals surface area contributed by atoms with Crippen molar-refractivity contribution in [3.8, 4) is 17.5 Å². The average Bonchev–Trinajstić information content (AvgIpc) is 3.88. The Balaban J connectivity index is 0.000000272. The number of carboxylic acids is 1. The summed E-state index contributed by atoms with van der Waals surface area (Å²) in [5.74, 6) is -6.93. The highest BCUT2D eigenvalue weighted by atomic mass is 19.4. The molecule has 61 heavy (non-hydrogen) atoms. The molecule has 2 atom stereocenters. The van der Waals surface area contributed by atoms with Gasteiger partial charge >= 0.3 is 12.1 Å². The number of carbonyl (C=O) groups is 2. The third kappa shape index (κ3) is 18.7. The third-order valence-corrected chi connectivity index (χ3v) is 7.41. The second-order valence-electron chi connectivity index (χ2n) is 12.4. The number of carboxylic acid groups (broad SMARTS) is 1. The van der Waals surface area contributed by atoms with E-state index in [-0.39, 0.29) is 52.0 Å². The molecule has 6 rings (SSSR count). The number of hydrogen-bond donors (Lipinski definition) is 5. The number of nitrogens with zero attached hydrogens (tertiary/aromatic N) is 4. The molecule has 12 nitrogen and oxygen atoms in total. The van der Waals surface area contributed by atoms with Gasteiger partial charge in [0.25, 0.3) is 0 Å². The van der Waals surface area contributed by atoms with Gasteiger partial charge in [-0.25, -0.2) is 35.5 Å². The first kappa shape index (κ1) is 50.3. The molecule has 0 spiro atoms. The van der Waals surface area contributed by atoms with Gasteiger partial charge in [-0.2, -0.15) is 23.4 Å². The van der Waals surface area contributed by atoms with Crippen molar-refractivity contribution < 1.29 is 68.3 Å². The zero-order chi connectivity index (χ0) is 45.9. The molecule has 0 radical (unpaired) electrons. The minimum atomic E-state index is -5.08. The van der Waals surface area contributed by atoms with Crippen molar-refractivity contribution >= 4 is 17.6 Å². The van der Waals surface area contributed by atoms with Gasteiger partial charge in [0.1, 0.15) is 46.5 Å².